The van der Waals surface area contributed by atoms with Crippen molar-refractivity contribution >= 4 is 155 Å². The van der Waals surface area contributed by atoms with Gasteiger partial charge in [-0.2, -0.15) is 0 Å². The van der Waals surface area contributed by atoms with Gasteiger partial charge in [0.2, 0.25) is 17.7 Å². The molecule has 4 aromatic heterocycles. The lowest BCUT2D eigenvalue weighted by Gasteiger charge is -2.16. The average Bonchev–Trinajstić information content (AvgIpc) is 1.85. The Morgan fingerprint density at radius 3 is 1.39 bits per heavy atom. The van der Waals surface area contributed by atoms with Gasteiger partial charge in [-0.15, -0.1) is 0 Å². The van der Waals surface area contributed by atoms with Crippen molar-refractivity contribution in [3.63, 3.8) is 0 Å². The molecule has 26 heteroatoms. The van der Waals surface area contributed by atoms with Crippen molar-refractivity contribution in [3.8, 4) is 50.8 Å². The summed E-state index contributed by atoms with van der Waals surface area (Å²) in [4.78, 5) is 50.0. The van der Waals surface area contributed by atoms with Crippen molar-refractivity contribution in [2.24, 2.45) is 11.5 Å². The van der Waals surface area contributed by atoms with Crippen LogP contribution in [0.3, 0.4) is 0 Å². The molecule has 0 radical (unpaired) electrons. The summed E-state index contributed by atoms with van der Waals surface area (Å²) in [6.45, 7) is 9.97. The highest BCUT2D eigenvalue weighted by molar-refractivity contribution is 9.11. The molecule has 10 aromatic rings. The molecule has 2 unspecified atom stereocenters. The maximum atomic E-state index is 14.4. The fourth-order valence-corrected chi connectivity index (χ4v) is 10.4. The maximum absolute atomic E-state index is 14.4. The molecule has 2 amide bonds. The number of aryl methyl sites for hydroxylation is 2. The molecule has 492 valence electrons. The monoisotopic (exact) mass is 1690 g/mol. The van der Waals surface area contributed by atoms with Crippen molar-refractivity contribution < 1.29 is 45.6 Å². The van der Waals surface area contributed by atoms with Crippen molar-refractivity contribution in [1.29, 1.82) is 0 Å². The van der Waals surface area contributed by atoms with Crippen LogP contribution in [0.2, 0.25) is 25.1 Å². The molecule has 0 aliphatic carbocycles. The summed E-state index contributed by atoms with van der Waals surface area (Å²) < 4.78 is 57.5. The second kappa shape index (κ2) is 40.0. The Bertz CT molecular complexity index is 3970. The number of nitrogens with two attached hydrogens (primary N) is 2. The molecule has 0 aliphatic rings. The van der Waals surface area contributed by atoms with E-state index >= 15 is 0 Å². The van der Waals surface area contributed by atoms with E-state index in [-0.39, 0.29) is 28.2 Å². The number of Topliss-reactive ketones (excluding diaryl/α,β-unsaturated/α-hetero) is 1. The highest BCUT2D eigenvalue weighted by atomic mass is 79.9. The molecule has 93 heavy (non-hydrogen) atoms. The molecule has 14 nitrogen and oxygen atoms in total. The van der Waals surface area contributed by atoms with E-state index in [2.05, 4.69) is 120 Å². The third-order valence-corrected chi connectivity index (χ3v) is 16.9. The van der Waals surface area contributed by atoms with Gasteiger partial charge in [-0.25, -0.2) is 28.7 Å². The number of ketones is 1. The van der Waals surface area contributed by atoms with E-state index in [0.717, 1.165) is 112 Å². The SMILES string of the molecule is CCC(Br)c1nc(-c2ccc(Cl)cc2)c(Br)o1.CCC(Oc1ccc(F)c(C(N)=O)c1F)c1nc(-c2ccc(Cl)cc2)c(Br)o1.CCCC(N)=O.CCCc1nc(-c2ccc(Cl)cc2)c(Br)o1.CCCc1nc(-c2ccc(Cl)cc2)co1.O=C(CBr)c1ccc(Cl)cc1. The molecule has 2 atom stereocenters. The second-order valence-electron chi connectivity index (χ2n) is 19.5. The molecular weight excluding hydrogens is 1630 g/mol. The van der Waals surface area contributed by atoms with Crippen molar-refractivity contribution in [2.75, 3.05) is 5.33 Å². The van der Waals surface area contributed by atoms with Gasteiger partial charge in [-0.1, -0.05) is 173 Å². The van der Waals surface area contributed by atoms with Crippen LogP contribution in [0.25, 0.3) is 45.0 Å². The first-order valence-corrected chi connectivity index (χ1v) is 34.9. The van der Waals surface area contributed by atoms with Gasteiger partial charge in [0.05, 0.1) is 10.2 Å². The number of ether oxygens (including phenoxy) is 1. The Kier molecular flexibility index (Phi) is 33.5. The van der Waals surface area contributed by atoms with Crippen molar-refractivity contribution in [1.82, 2.24) is 19.9 Å². The number of benzene rings is 6. The Hall–Kier alpha value is -5.72. The van der Waals surface area contributed by atoms with Crippen molar-refractivity contribution in [3.05, 3.63) is 225 Å². The molecule has 0 fully saturated rings. The largest absolute Gasteiger partial charge is 0.478 e. The predicted octanol–water partition coefficient (Wildman–Crippen LogP) is 23.1. The minimum Gasteiger partial charge on any atom is -0.478 e. The minimum atomic E-state index is -1.22. The number of nitrogens with zero attached hydrogens (tertiary/aromatic N) is 4. The first-order chi connectivity index (χ1) is 44.4. The summed E-state index contributed by atoms with van der Waals surface area (Å²) >= 11 is 45.7. The van der Waals surface area contributed by atoms with E-state index in [1.807, 2.05) is 79.7 Å². The summed E-state index contributed by atoms with van der Waals surface area (Å²) in [7, 11) is 0. The number of carbonyl (C=O) groups excluding carboxylic acids is 3. The quantitative estimate of drug-likeness (QED) is 0.0571. The van der Waals surface area contributed by atoms with Gasteiger partial charge in [0.1, 0.15) is 40.4 Å². The van der Waals surface area contributed by atoms with Gasteiger partial charge in [-0.3, -0.25) is 14.4 Å². The fraction of sp³-hybridized carbons (Fsp3) is 0.239. The van der Waals surface area contributed by atoms with Crippen LogP contribution < -0.4 is 16.2 Å². The van der Waals surface area contributed by atoms with Crippen LogP contribution in [0.1, 0.15) is 128 Å². The number of alkyl halides is 2. The zero-order valence-corrected chi connectivity index (χ0v) is 62.3. The summed E-state index contributed by atoms with van der Waals surface area (Å²) in [5.41, 5.74) is 16.4. The molecule has 6 aromatic carbocycles. The molecule has 4 N–H and O–H groups in total. The third kappa shape index (κ3) is 24.8. The van der Waals surface area contributed by atoms with Gasteiger partial charge >= 0.3 is 0 Å². The number of rotatable bonds is 19. The van der Waals surface area contributed by atoms with Crippen LogP contribution in [-0.4, -0.2) is 42.9 Å². The van der Waals surface area contributed by atoms with Gasteiger partial charge in [-0.05, 0) is 165 Å². The molecule has 10 rings (SSSR count). The van der Waals surface area contributed by atoms with Crippen LogP contribution >= 0.6 is 138 Å². The Labute approximate surface area is 604 Å². The number of amides is 2. The molecule has 4 heterocycles. The smallest absolute Gasteiger partial charge is 0.254 e. The lowest BCUT2D eigenvalue weighted by molar-refractivity contribution is -0.118. The maximum Gasteiger partial charge on any atom is 0.254 e. The predicted molar refractivity (Wildman–Crippen MR) is 383 cm³/mol. The van der Waals surface area contributed by atoms with Crippen LogP contribution in [0.15, 0.2) is 171 Å². The van der Waals surface area contributed by atoms with E-state index in [9.17, 15) is 23.2 Å². The van der Waals surface area contributed by atoms with Crippen LogP contribution in [0.5, 0.6) is 5.75 Å². The molecule has 0 saturated carbocycles. The Morgan fingerprint density at radius 2 is 0.968 bits per heavy atom. The second-order valence-corrected chi connectivity index (χ2v) is 25.5. The summed E-state index contributed by atoms with van der Waals surface area (Å²) in [6, 6.07) is 38.5. The zero-order chi connectivity index (χ0) is 68.3. The van der Waals surface area contributed by atoms with Crippen LogP contribution in [0, 0.1) is 11.6 Å². The van der Waals surface area contributed by atoms with Crippen LogP contribution in [0.4, 0.5) is 8.78 Å². The van der Waals surface area contributed by atoms with Gasteiger partial charge < -0.3 is 33.9 Å². The normalized spacial score (nSPS) is 11.2. The number of hydrogen-bond acceptors (Lipinski definition) is 12. The summed E-state index contributed by atoms with van der Waals surface area (Å²) in [5.74, 6) is -1.50. The Balaban J connectivity index is 0.000000213. The minimum absolute atomic E-state index is 0.0710. The number of carbonyl (C=O) groups is 3. The van der Waals surface area contributed by atoms with E-state index in [0.29, 0.717) is 64.4 Å². The zero-order valence-electron chi connectivity index (χ0n) is 50.5. The average molecular weight is 1690 g/mol. The number of oxazole rings is 4. The third-order valence-electron chi connectivity index (χ3n) is 12.4. The number of aromatic nitrogens is 4. The van der Waals surface area contributed by atoms with Gasteiger partial charge in [0.25, 0.3) is 5.91 Å². The lowest BCUT2D eigenvalue weighted by Crippen LogP contribution is -2.17. The molecule has 0 aliphatic heterocycles. The number of primary amides is 2. The standard InChI is InChI=1S/C19H14BrClF2N2O3.C12H10Br2ClNO.C12H11BrClNO.C12H12ClNO.C8H6BrClO.C4H9NO/c1-2-12(27-13-8-7-11(22)14(15(13)23)18(24)26)19-25-16(17(20)28-19)9-3-5-10(21)6-4-9;1-2-9(13)12-16-10(11(14)17-12)7-3-5-8(15)6-4-7;1-2-3-10-15-11(12(13)16-10)8-4-6-9(14)7-5-8;1-2-3-12-14-11(8-15-12)9-4-6-10(13)7-5-9;9-5-8(11)6-1-3-7(10)4-2-6;1-2-3-4(5)6/h3-8,12H,2H2,1H3,(H2,24,26);3-6,9H,2H2,1H3;4-7H,2-3H2,1H3;4-8H,2-3H2,1H3;1-4H,5H2;2-3H2,1H3,(H2,5,6). The lowest BCUT2D eigenvalue weighted by atomic mass is 10.1. The van der Waals surface area contributed by atoms with Crippen molar-refractivity contribution in [2.45, 2.75) is 96.9 Å². The van der Waals surface area contributed by atoms with Gasteiger partial charge in [0.15, 0.2) is 49.2 Å². The topological polar surface area (TPSA) is 217 Å². The number of halogens is 12. The summed E-state index contributed by atoms with van der Waals surface area (Å²) in [6.07, 6.45) is 7.37. The van der Waals surface area contributed by atoms with E-state index in [4.69, 9.17) is 91.9 Å². The van der Waals surface area contributed by atoms with E-state index in [1.54, 1.807) is 61.7 Å². The number of hydrogen-bond donors (Lipinski definition) is 2. The molecular formula is C67H62Br5Cl5F2N6O8. The highest BCUT2D eigenvalue weighted by Gasteiger charge is 2.26. The van der Waals surface area contributed by atoms with Crippen LogP contribution in [-0.2, 0) is 17.6 Å². The molecule has 0 bridgehead atoms. The first kappa shape index (κ1) is 78.0. The first-order valence-electron chi connectivity index (χ1n) is 28.6. The highest BCUT2D eigenvalue weighted by Crippen LogP contribution is 2.37. The van der Waals surface area contributed by atoms with E-state index in [1.165, 1.54) is 0 Å². The van der Waals surface area contributed by atoms with Gasteiger partial charge in [0, 0.05) is 72.2 Å². The molecule has 0 spiro atoms. The fourth-order valence-electron chi connectivity index (χ4n) is 7.77. The molecule has 0 saturated heterocycles. The summed E-state index contributed by atoms with van der Waals surface area (Å²) in [5, 5.41) is 3.74. The van der Waals surface area contributed by atoms with E-state index < -0.39 is 29.2 Å². The Morgan fingerprint density at radius 1 is 0.538 bits per heavy atom.